The first-order chi connectivity index (χ1) is 23.1. The zero-order chi connectivity index (χ0) is 36.2. The number of nitrogens with one attached hydrogen (secondary N) is 5. The number of nitrogens with two attached hydrogens (primary N) is 2. The number of carbonyl (C=O) groups excluding carboxylic acids is 5. The average molecular weight is 679 g/mol. The third-order valence-corrected chi connectivity index (χ3v) is 7.37. The van der Waals surface area contributed by atoms with E-state index in [1.807, 2.05) is 0 Å². The number of aliphatic imine (C=N–C) groups is 1. The molecule has 0 bridgehead atoms. The largest absolute Gasteiger partial charge is 0.508 e. The van der Waals surface area contributed by atoms with Gasteiger partial charge in [0, 0.05) is 43.1 Å². The zero-order valence-electron chi connectivity index (χ0n) is 27.7. The molecule has 0 radical (unpaired) electrons. The number of nitrogens with zero attached hydrogens (tertiary/aromatic N) is 1. The molecule has 0 saturated carbocycles. The van der Waals surface area contributed by atoms with Crippen molar-refractivity contribution in [3.05, 3.63) is 70.1 Å². The summed E-state index contributed by atoms with van der Waals surface area (Å²) in [6.07, 6.45) is 0.555. The van der Waals surface area contributed by atoms with Crippen molar-refractivity contribution in [3.8, 4) is 5.75 Å². The summed E-state index contributed by atoms with van der Waals surface area (Å²) in [7, 11) is 0. The van der Waals surface area contributed by atoms with Crippen molar-refractivity contribution in [2.45, 2.75) is 71.1 Å². The Bertz CT molecular complexity index is 1770. The molecule has 1 heterocycles. The number of guanidine groups is 1. The summed E-state index contributed by atoms with van der Waals surface area (Å²) in [5, 5.41) is 23.2. The molecule has 10 N–H and O–H groups in total. The minimum atomic E-state index is -1.12. The van der Waals surface area contributed by atoms with Crippen LogP contribution in [-0.4, -0.2) is 71.3 Å². The zero-order valence-corrected chi connectivity index (χ0v) is 27.7. The van der Waals surface area contributed by atoms with Gasteiger partial charge in [-0.1, -0.05) is 12.1 Å². The van der Waals surface area contributed by atoms with Gasteiger partial charge in [-0.25, -0.2) is 4.79 Å². The van der Waals surface area contributed by atoms with Crippen molar-refractivity contribution in [2.75, 3.05) is 11.9 Å². The second kappa shape index (κ2) is 17.3. The second-order valence-corrected chi connectivity index (χ2v) is 11.5. The Morgan fingerprint density at radius 1 is 0.837 bits per heavy atom. The number of hydrogen-bond donors (Lipinski definition) is 8. The van der Waals surface area contributed by atoms with E-state index in [0.717, 1.165) is 0 Å². The summed E-state index contributed by atoms with van der Waals surface area (Å²) in [5.74, 6) is -3.13. The van der Waals surface area contributed by atoms with Gasteiger partial charge < -0.3 is 47.6 Å². The molecule has 0 spiro atoms. The van der Waals surface area contributed by atoms with Gasteiger partial charge in [-0.05, 0) is 69.0 Å². The number of anilines is 1. The quantitative estimate of drug-likeness (QED) is 0.0463. The van der Waals surface area contributed by atoms with Gasteiger partial charge in [0.2, 0.25) is 29.5 Å². The molecule has 0 saturated heterocycles. The third kappa shape index (κ3) is 11.7. The molecular weight excluding hydrogens is 636 g/mol. The summed E-state index contributed by atoms with van der Waals surface area (Å²) in [6, 6.07) is 7.97. The number of phenols is 1. The van der Waals surface area contributed by atoms with Crippen LogP contribution in [0.15, 0.2) is 62.7 Å². The van der Waals surface area contributed by atoms with Crippen LogP contribution in [0.2, 0.25) is 0 Å². The molecule has 0 aliphatic carbocycles. The first-order valence-electron chi connectivity index (χ1n) is 15.5. The molecule has 5 amide bonds. The smallest absolute Gasteiger partial charge is 0.336 e. The van der Waals surface area contributed by atoms with E-state index in [0.29, 0.717) is 28.6 Å². The number of amides is 5. The number of phenolic OH excluding ortho intramolecular Hbond substituents is 1. The summed E-state index contributed by atoms with van der Waals surface area (Å²) in [5.41, 5.74) is 12.2. The van der Waals surface area contributed by atoms with Crippen molar-refractivity contribution in [3.63, 3.8) is 0 Å². The van der Waals surface area contributed by atoms with E-state index in [-0.39, 0.29) is 36.7 Å². The fourth-order valence-corrected chi connectivity index (χ4v) is 4.81. The highest BCUT2D eigenvalue weighted by Crippen LogP contribution is 2.21. The van der Waals surface area contributed by atoms with Crippen LogP contribution in [0.1, 0.15) is 44.7 Å². The van der Waals surface area contributed by atoms with E-state index in [1.54, 1.807) is 31.2 Å². The number of carbonyl (C=O) groups is 5. The Kier molecular flexibility index (Phi) is 13.2. The molecule has 16 nitrogen and oxygen atoms in total. The monoisotopic (exact) mass is 678 g/mol. The van der Waals surface area contributed by atoms with Crippen molar-refractivity contribution >= 4 is 52.2 Å². The number of rotatable bonds is 15. The maximum Gasteiger partial charge on any atom is 0.336 e. The van der Waals surface area contributed by atoms with Gasteiger partial charge >= 0.3 is 5.63 Å². The van der Waals surface area contributed by atoms with E-state index >= 15 is 0 Å². The third-order valence-electron chi connectivity index (χ3n) is 7.37. The predicted molar refractivity (Wildman–Crippen MR) is 182 cm³/mol. The predicted octanol–water partition coefficient (Wildman–Crippen LogP) is 0.0407. The first kappa shape index (κ1) is 37.5. The molecule has 0 aliphatic heterocycles. The molecule has 16 heteroatoms. The molecule has 262 valence electrons. The van der Waals surface area contributed by atoms with Gasteiger partial charge in [-0.15, -0.1) is 0 Å². The Hall–Kier alpha value is -5.93. The van der Waals surface area contributed by atoms with Crippen molar-refractivity contribution in [2.24, 2.45) is 16.5 Å². The highest BCUT2D eigenvalue weighted by atomic mass is 16.4. The van der Waals surface area contributed by atoms with E-state index in [1.165, 1.54) is 45.0 Å². The highest BCUT2D eigenvalue weighted by Gasteiger charge is 2.28. The van der Waals surface area contributed by atoms with Gasteiger partial charge in [-0.2, -0.15) is 0 Å². The van der Waals surface area contributed by atoms with E-state index in [2.05, 4.69) is 31.6 Å². The molecule has 3 aromatic rings. The van der Waals surface area contributed by atoms with Crippen LogP contribution in [0.5, 0.6) is 5.75 Å². The van der Waals surface area contributed by atoms with E-state index < -0.39 is 59.3 Å². The van der Waals surface area contributed by atoms with Crippen LogP contribution >= 0.6 is 0 Å². The molecule has 0 fully saturated rings. The van der Waals surface area contributed by atoms with Crippen LogP contribution in [-0.2, 0) is 30.4 Å². The van der Waals surface area contributed by atoms with Gasteiger partial charge in [0.1, 0.15) is 35.5 Å². The lowest BCUT2D eigenvalue weighted by Gasteiger charge is -2.23. The van der Waals surface area contributed by atoms with Crippen molar-refractivity contribution < 1.29 is 33.5 Å². The lowest BCUT2D eigenvalue weighted by molar-refractivity contribution is -0.133. The Morgan fingerprint density at radius 2 is 1.47 bits per heavy atom. The standard InChI is InChI=1S/C33H42N8O8/c1-17-14-28(44)49-27-16-22(9-12-24(17)27)40-31(47)25(6-5-13-36-33(34)35)41-30(46)19(3)37-29(45)18(2)38-32(48)26(39-20(4)42)15-21-7-10-23(43)11-8-21/h7-12,14,16,18-19,25-26,43H,5-6,13,15H2,1-4H3,(H,37,45)(H,38,48)(H,39,42)(H,40,47)(H,41,46)(H4,34,35,36)/t18-,19-,25-,26-/m0/s1. The average Bonchev–Trinajstić information content (AvgIpc) is 3.02. The minimum absolute atomic E-state index is 0.0433. The molecule has 1 aromatic heterocycles. The lowest BCUT2D eigenvalue weighted by atomic mass is 10.0. The molecule has 4 atom stereocenters. The Morgan fingerprint density at radius 3 is 2.10 bits per heavy atom. The maximum atomic E-state index is 13.3. The molecular formula is C33H42N8O8. The Labute approximate surface area is 282 Å². The molecule has 3 rings (SSSR count). The summed E-state index contributed by atoms with van der Waals surface area (Å²) >= 11 is 0. The summed E-state index contributed by atoms with van der Waals surface area (Å²) < 4.78 is 5.26. The van der Waals surface area contributed by atoms with Gasteiger partial charge in [0.05, 0.1) is 0 Å². The number of aryl methyl sites for hydroxylation is 1. The van der Waals surface area contributed by atoms with Gasteiger partial charge in [0.15, 0.2) is 5.96 Å². The number of benzene rings is 2. The summed E-state index contributed by atoms with van der Waals surface area (Å²) in [4.78, 5) is 79.9. The minimum Gasteiger partial charge on any atom is -0.508 e. The number of hydrogen-bond acceptors (Lipinski definition) is 9. The normalized spacial score (nSPS) is 13.2. The second-order valence-electron chi connectivity index (χ2n) is 11.5. The Balaban J connectivity index is 1.65. The van der Waals surface area contributed by atoms with Crippen LogP contribution < -0.4 is 43.7 Å². The van der Waals surface area contributed by atoms with E-state index in [4.69, 9.17) is 15.9 Å². The van der Waals surface area contributed by atoms with Crippen molar-refractivity contribution in [1.82, 2.24) is 21.3 Å². The molecule has 2 aromatic carbocycles. The van der Waals surface area contributed by atoms with Crippen molar-refractivity contribution in [1.29, 1.82) is 0 Å². The maximum absolute atomic E-state index is 13.3. The fourth-order valence-electron chi connectivity index (χ4n) is 4.81. The molecule has 0 aliphatic rings. The molecule has 49 heavy (non-hydrogen) atoms. The topological polar surface area (TPSA) is 260 Å². The van der Waals surface area contributed by atoms with Crippen LogP contribution in [0.25, 0.3) is 11.0 Å². The van der Waals surface area contributed by atoms with Gasteiger partial charge in [0.25, 0.3) is 0 Å². The fraction of sp³-hybridized carbons (Fsp3) is 0.364. The summed E-state index contributed by atoms with van der Waals surface area (Å²) in [6.45, 7) is 6.03. The van der Waals surface area contributed by atoms with E-state index in [9.17, 15) is 33.9 Å². The first-order valence-corrected chi connectivity index (χ1v) is 15.5. The molecule has 0 unspecified atom stereocenters. The van der Waals surface area contributed by atoms with Crippen LogP contribution in [0.3, 0.4) is 0 Å². The number of aromatic hydroxyl groups is 1. The SMILES string of the molecule is CC(=O)N[C@@H](Cc1ccc(O)cc1)C(=O)N[C@@H](C)C(=O)N[C@@H](C)C(=O)N[C@@H](CCCN=C(N)N)C(=O)Nc1ccc2c(C)cc(=O)oc2c1. The number of fused-ring (bicyclic) bond motifs is 1. The van der Waals surface area contributed by atoms with Crippen LogP contribution in [0.4, 0.5) is 5.69 Å². The highest BCUT2D eigenvalue weighted by molar-refractivity contribution is 6.00. The van der Waals surface area contributed by atoms with Crippen LogP contribution in [0, 0.1) is 6.92 Å². The van der Waals surface area contributed by atoms with Gasteiger partial charge in [-0.3, -0.25) is 29.0 Å². The lowest BCUT2D eigenvalue weighted by Crippen LogP contribution is -2.56.